The first-order valence-electron chi connectivity index (χ1n) is 3.99. The van der Waals surface area contributed by atoms with E-state index in [0.717, 1.165) is 11.4 Å². The van der Waals surface area contributed by atoms with E-state index in [2.05, 4.69) is 11.9 Å². The van der Waals surface area contributed by atoms with Gasteiger partial charge in [0.1, 0.15) is 0 Å². The molecule has 1 aliphatic rings. The van der Waals surface area contributed by atoms with Crippen molar-refractivity contribution in [2.45, 2.75) is 32.2 Å². The lowest BCUT2D eigenvalue weighted by Gasteiger charge is -2.15. The third kappa shape index (κ3) is 1.63. The van der Waals surface area contributed by atoms with Crippen molar-refractivity contribution >= 4 is 23.7 Å². The summed E-state index contributed by atoms with van der Waals surface area (Å²) in [6.07, 6.45) is 3.53. The van der Waals surface area contributed by atoms with Gasteiger partial charge in [0.2, 0.25) is 0 Å². The Morgan fingerprint density at radius 1 is 1.58 bits per heavy atom. The van der Waals surface area contributed by atoms with Crippen LogP contribution in [0.4, 0.5) is 0 Å². The molecule has 1 aromatic heterocycles. The second-order valence-corrected chi connectivity index (χ2v) is 4.33. The molecular weight excluding hydrogens is 192 g/mol. The van der Waals surface area contributed by atoms with Gasteiger partial charge in [0.15, 0.2) is 0 Å². The van der Waals surface area contributed by atoms with E-state index in [1.807, 2.05) is 0 Å². The van der Waals surface area contributed by atoms with Crippen molar-refractivity contribution in [3.8, 4) is 0 Å². The molecule has 0 saturated carbocycles. The maximum Gasteiger partial charge on any atom is 0.0900 e. The molecule has 1 atom stereocenters. The quantitative estimate of drug-likeness (QED) is 0.704. The monoisotopic (exact) mass is 204 g/mol. The van der Waals surface area contributed by atoms with E-state index < -0.39 is 0 Å². The maximum absolute atomic E-state index is 5.90. The number of nitrogens with two attached hydrogens (primary N) is 1. The van der Waals surface area contributed by atoms with Gasteiger partial charge in [0.05, 0.1) is 10.7 Å². The number of aromatic nitrogens is 1. The van der Waals surface area contributed by atoms with Crippen LogP contribution >= 0.6 is 23.7 Å². The molecule has 0 fully saturated rings. The van der Waals surface area contributed by atoms with Gasteiger partial charge in [-0.2, -0.15) is 0 Å². The highest BCUT2D eigenvalue weighted by molar-refractivity contribution is 7.11. The summed E-state index contributed by atoms with van der Waals surface area (Å²) in [5.41, 5.74) is 7.07. The molecule has 0 spiro atoms. The Balaban J connectivity index is 0.000000720. The molecule has 68 valence electrons. The fraction of sp³-hybridized carbons (Fsp3) is 0.625. The molecule has 0 saturated heterocycles. The van der Waals surface area contributed by atoms with Crippen LogP contribution < -0.4 is 5.73 Å². The third-order valence-corrected chi connectivity index (χ3v) is 3.15. The van der Waals surface area contributed by atoms with Crippen LogP contribution in [-0.4, -0.2) is 4.98 Å². The molecule has 0 aliphatic heterocycles. The SMILES string of the molecule is Cc1nc2c(s1)CCCC2N.Cl. The van der Waals surface area contributed by atoms with Crippen LogP contribution in [0.1, 0.15) is 34.5 Å². The molecule has 0 bridgehead atoms. The minimum absolute atomic E-state index is 0. The smallest absolute Gasteiger partial charge is 0.0900 e. The predicted octanol–water partition coefficient (Wildman–Crippen LogP) is 2.21. The number of hydrogen-bond acceptors (Lipinski definition) is 3. The Morgan fingerprint density at radius 3 is 3.00 bits per heavy atom. The number of fused-ring (bicyclic) bond motifs is 1. The zero-order chi connectivity index (χ0) is 7.84. The first kappa shape index (κ1) is 9.96. The molecule has 0 amide bonds. The largest absolute Gasteiger partial charge is 0.323 e. The van der Waals surface area contributed by atoms with Gasteiger partial charge in [-0.3, -0.25) is 0 Å². The van der Waals surface area contributed by atoms with E-state index in [1.165, 1.54) is 23.4 Å². The van der Waals surface area contributed by atoms with Crippen molar-refractivity contribution in [3.05, 3.63) is 15.6 Å². The minimum Gasteiger partial charge on any atom is -0.323 e. The lowest BCUT2D eigenvalue weighted by atomic mass is 9.99. The maximum atomic E-state index is 5.90. The summed E-state index contributed by atoms with van der Waals surface area (Å²) >= 11 is 1.80. The van der Waals surface area contributed by atoms with Crippen LogP contribution in [0.15, 0.2) is 0 Å². The number of nitrogens with zero attached hydrogens (tertiary/aromatic N) is 1. The van der Waals surface area contributed by atoms with E-state index in [-0.39, 0.29) is 18.4 Å². The van der Waals surface area contributed by atoms with Gasteiger partial charge in [-0.1, -0.05) is 0 Å². The molecule has 1 heterocycles. The lowest BCUT2D eigenvalue weighted by molar-refractivity contribution is 0.563. The van der Waals surface area contributed by atoms with Gasteiger partial charge in [-0.25, -0.2) is 4.98 Å². The summed E-state index contributed by atoms with van der Waals surface area (Å²) < 4.78 is 0. The molecule has 2 nitrogen and oxygen atoms in total. The van der Waals surface area contributed by atoms with Gasteiger partial charge in [-0.15, -0.1) is 23.7 Å². The fourth-order valence-corrected chi connectivity index (χ4v) is 2.62. The number of hydrogen-bond donors (Lipinski definition) is 1. The van der Waals surface area contributed by atoms with Crippen LogP contribution in [0, 0.1) is 6.92 Å². The first-order chi connectivity index (χ1) is 5.27. The Labute approximate surface area is 82.6 Å². The van der Waals surface area contributed by atoms with Gasteiger partial charge in [0.25, 0.3) is 0 Å². The second kappa shape index (κ2) is 3.73. The normalized spacial score (nSPS) is 21.3. The number of rotatable bonds is 0. The molecule has 2 rings (SSSR count). The standard InChI is InChI=1S/C8H12N2S.ClH/c1-5-10-8-6(9)3-2-4-7(8)11-5;/h6H,2-4,9H2,1H3;1H. The molecule has 1 unspecified atom stereocenters. The van der Waals surface area contributed by atoms with E-state index in [4.69, 9.17) is 5.73 Å². The van der Waals surface area contributed by atoms with Crippen molar-refractivity contribution in [2.75, 3.05) is 0 Å². The van der Waals surface area contributed by atoms with Gasteiger partial charge >= 0.3 is 0 Å². The lowest BCUT2D eigenvalue weighted by Crippen LogP contribution is -2.16. The molecule has 12 heavy (non-hydrogen) atoms. The van der Waals surface area contributed by atoms with Gasteiger partial charge in [0, 0.05) is 10.9 Å². The average molecular weight is 205 g/mol. The molecule has 2 N–H and O–H groups in total. The zero-order valence-corrected chi connectivity index (χ0v) is 8.67. The first-order valence-corrected chi connectivity index (χ1v) is 4.81. The van der Waals surface area contributed by atoms with Crippen LogP contribution in [0.25, 0.3) is 0 Å². The zero-order valence-electron chi connectivity index (χ0n) is 7.04. The average Bonchev–Trinajstić information content (AvgIpc) is 2.31. The Bertz CT molecular complexity index is 272. The van der Waals surface area contributed by atoms with Crippen LogP contribution in [0.5, 0.6) is 0 Å². The second-order valence-electron chi connectivity index (χ2n) is 3.04. The van der Waals surface area contributed by atoms with E-state index in [9.17, 15) is 0 Å². The number of halogens is 1. The fourth-order valence-electron chi connectivity index (χ4n) is 1.57. The van der Waals surface area contributed by atoms with Crippen molar-refractivity contribution in [1.82, 2.24) is 4.98 Å². The third-order valence-electron chi connectivity index (χ3n) is 2.10. The minimum atomic E-state index is 0. The van der Waals surface area contributed by atoms with Crippen molar-refractivity contribution in [2.24, 2.45) is 5.73 Å². The summed E-state index contributed by atoms with van der Waals surface area (Å²) in [5.74, 6) is 0. The van der Waals surface area contributed by atoms with Crippen molar-refractivity contribution in [3.63, 3.8) is 0 Å². The van der Waals surface area contributed by atoms with Crippen LogP contribution in [0.3, 0.4) is 0 Å². The highest BCUT2D eigenvalue weighted by Gasteiger charge is 2.20. The predicted molar refractivity (Wildman–Crippen MR) is 54.0 cm³/mol. The van der Waals surface area contributed by atoms with Crippen LogP contribution in [-0.2, 0) is 6.42 Å². The number of aryl methyl sites for hydroxylation is 2. The Kier molecular flexibility index (Phi) is 3.09. The van der Waals surface area contributed by atoms with Crippen LogP contribution in [0.2, 0.25) is 0 Å². The highest BCUT2D eigenvalue weighted by Crippen LogP contribution is 2.31. The number of thiazole rings is 1. The van der Waals surface area contributed by atoms with Crippen molar-refractivity contribution < 1.29 is 0 Å². The topological polar surface area (TPSA) is 38.9 Å². The van der Waals surface area contributed by atoms with E-state index in [1.54, 1.807) is 11.3 Å². The van der Waals surface area contributed by atoms with Crippen molar-refractivity contribution in [1.29, 1.82) is 0 Å². The summed E-state index contributed by atoms with van der Waals surface area (Å²) in [7, 11) is 0. The molecule has 0 aromatic carbocycles. The Morgan fingerprint density at radius 2 is 2.33 bits per heavy atom. The summed E-state index contributed by atoms with van der Waals surface area (Å²) in [6, 6.07) is 0.212. The molecule has 0 radical (unpaired) electrons. The molecular formula is C8H13ClN2S. The molecule has 1 aromatic rings. The van der Waals surface area contributed by atoms with Gasteiger partial charge in [-0.05, 0) is 26.2 Å². The van der Waals surface area contributed by atoms with Gasteiger partial charge < -0.3 is 5.73 Å². The molecule has 4 heteroatoms. The highest BCUT2D eigenvalue weighted by atomic mass is 35.5. The van der Waals surface area contributed by atoms with E-state index in [0.29, 0.717) is 0 Å². The summed E-state index contributed by atoms with van der Waals surface area (Å²) in [4.78, 5) is 5.84. The molecule has 1 aliphatic carbocycles. The Hall–Kier alpha value is -0.120. The summed E-state index contributed by atoms with van der Waals surface area (Å²) in [5, 5.41) is 1.16. The van der Waals surface area contributed by atoms with E-state index >= 15 is 0 Å². The summed E-state index contributed by atoms with van der Waals surface area (Å²) in [6.45, 7) is 2.05.